The summed E-state index contributed by atoms with van der Waals surface area (Å²) < 4.78 is 0. The van der Waals surface area contributed by atoms with Crippen molar-refractivity contribution in [2.75, 3.05) is 5.32 Å². The Hall–Kier alpha value is -2.66. The predicted molar refractivity (Wildman–Crippen MR) is 78.4 cm³/mol. The summed E-state index contributed by atoms with van der Waals surface area (Å²) in [5.74, 6) is -0.513. The number of rotatable bonds is 3. The fraction of sp³-hybridized carbons (Fsp3) is 0.125. The van der Waals surface area contributed by atoms with Crippen LogP contribution >= 0.6 is 0 Å². The smallest absolute Gasteiger partial charge is 0.261 e. The monoisotopic (exact) mass is 282 g/mol. The lowest BCUT2D eigenvalue weighted by Crippen LogP contribution is -2.36. The molecule has 0 radical (unpaired) electrons. The van der Waals surface area contributed by atoms with Crippen LogP contribution in [0.15, 0.2) is 59.8 Å². The zero-order valence-corrected chi connectivity index (χ0v) is 11.2. The van der Waals surface area contributed by atoms with Gasteiger partial charge in [0.2, 0.25) is 0 Å². The number of anilines is 1. The number of nitrogens with zero attached hydrogens (tertiary/aromatic N) is 1. The third-order valence-corrected chi connectivity index (χ3v) is 3.65. The number of fused-ring (bicyclic) bond motifs is 1. The van der Waals surface area contributed by atoms with Crippen LogP contribution in [-0.2, 0) is 10.4 Å². The minimum atomic E-state index is -1.73. The number of carbonyl (C=O) groups excluding carboxylic acids is 1. The van der Waals surface area contributed by atoms with E-state index in [4.69, 9.17) is 0 Å². The Morgan fingerprint density at radius 3 is 2.48 bits per heavy atom. The second kappa shape index (κ2) is 5.03. The fourth-order valence-electron chi connectivity index (χ4n) is 2.54. The van der Waals surface area contributed by atoms with Crippen LogP contribution < -0.4 is 5.32 Å². The van der Waals surface area contributed by atoms with Crippen LogP contribution in [0.3, 0.4) is 0 Å². The normalized spacial score (nSPS) is 21.0. The topological polar surface area (TPSA) is 81.9 Å². The molecule has 0 bridgehead atoms. The maximum absolute atomic E-state index is 12.1. The molecule has 1 aliphatic rings. The maximum atomic E-state index is 12.1. The second-order valence-electron chi connectivity index (χ2n) is 4.95. The van der Waals surface area contributed by atoms with E-state index < -0.39 is 11.5 Å². The van der Waals surface area contributed by atoms with Gasteiger partial charge in [-0.25, -0.2) is 0 Å². The summed E-state index contributed by atoms with van der Waals surface area (Å²) in [4.78, 5) is 12.1. The van der Waals surface area contributed by atoms with Crippen molar-refractivity contribution in [1.82, 2.24) is 0 Å². The van der Waals surface area contributed by atoms with Crippen LogP contribution in [0.4, 0.5) is 5.69 Å². The van der Waals surface area contributed by atoms with Crippen molar-refractivity contribution >= 4 is 17.3 Å². The number of hydrogen-bond donors (Lipinski definition) is 3. The number of carbonyl (C=O) groups is 1. The molecule has 0 aliphatic carbocycles. The molecule has 3 N–H and O–H groups in total. The minimum Gasteiger partial charge on any atom is -0.411 e. The number of nitrogens with one attached hydrogen (secondary N) is 1. The van der Waals surface area contributed by atoms with Gasteiger partial charge in [-0.2, -0.15) is 0 Å². The van der Waals surface area contributed by atoms with Crippen LogP contribution in [0.5, 0.6) is 0 Å². The average Bonchev–Trinajstić information content (AvgIpc) is 2.78. The Kier molecular flexibility index (Phi) is 3.19. The zero-order valence-electron chi connectivity index (χ0n) is 11.2. The number of aliphatic hydroxyl groups is 1. The lowest BCUT2D eigenvalue weighted by atomic mass is 9.88. The molecule has 0 unspecified atom stereocenters. The van der Waals surface area contributed by atoms with E-state index in [0.29, 0.717) is 16.8 Å². The summed E-state index contributed by atoms with van der Waals surface area (Å²) in [5, 5.41) is 25.9. The minimum absolute atomic E-state index is 0.101. The van der Waals surface area contributed by atoms with Gasteiger partial charge in [-0.1, -0.05) is 53.7 Å². The third kappa shape index (κ3) is 2.17. The Morgan fingerprint density at radius 2 is 1.76 bits per heavy atom. The summed E-state index contributed by atoms with van der Waals surface area (Å²) in [6.45, 7) is 0. The van der Waals surface area contributed by atoms with Gasteiger partial charge < -0.3 is 15.6 Å². The molecule has 1 aliphatic heterocycles. The molecule has 1 atom stereocenters. The van der Waals surface area contributed by atoms with Crippen LogP contribution in [0.2, 0.25) is 0 Å². The molecule has 1 heterocycles. The summed E-state index contributed by atoms with van der Waals surface area (Å²) in [6.07, 6.45) is -0.101. The molecule has 106 valence electrons. The van der Waals surface area contributed by atoms with Crippen molar-refractivity contribution in [3.63, 3.8) is 0 Å². The van der Waals surface area contributed by atoms with Gasteiger partial charge in [0.25, 0.3) is 5.91 Å². The van der Waals surface area contributed by atoms with Crippen molar-refractivity contribution in [3.05, 3.63) is 65.7 Å². The third-order valence-electron chi connectivity index (χ3n) is 3.65. The number of benzene rings is 2. The van der Waals surface area contributed by atoms with Crippen LogP contribution in [-0.4, -0.2) is 21.9 Å². The number of hydrogen-bond acceptors (Lipinski definition) is 4. The van der Waals surface area contributed by atoms with E-state index in [0.717, 1.165) is 0 Å². The summed E-state index contributed by atoms with van der Waals surface area (Å²) in [5.41, 5.74) is 0.256. The molecule has 5 nitrogen and oxygen atoms in total. The number of oxime groups is 1. The maximum Gasteiger partial charge on any atom is 0.261 e. The first-order valence-corrected chi connectivity index (χ1v) is 6.55. The van der Waals surface area contributed by atoms with Gasteiger partial charge in [0.15, 0.2) is 5.60 Å². The lowest BCUT2D eigenvalue weighted by molar-refractivity contribution is -0.132. The highest BCUT2D eigenvalue weighted by molar-refractivity contribution is 6.10. The zero-order chi connectivity index (χ0) is 14.9. The quantitative estimate of drug-likeness (QED) is 0.458. The number of amides is 1. The molecule has 5 heteroatoms. The van der Waals surface area contributed by atoms with Crippen molar-refractivity contribution in [3.8, 4) is 0 Å². The first-order valence-electron chi connectivity index (χ1n) is 6.55. The first kappa shape index (κ1) is 13.3. The Bertz CT molecular complexity index is 712. The summed E-state index contributed by atoms with van der Waals surface area (Å²) in [7, 11) is 0. The van der Waals surface area contributed by atoms with E-state index in [1.807, 2.05) is 6.07 Å². The molecular formula is C16H14N2O3. The van der Waals surface area contributed by atoms with E-state index >= 15 is 0 Å². The van der Waals surface area contributed by atoms with E-state index in [1.54, 1.807) is 48.5 Å². The average molecular weight is 282 g/mol. The van der Waals surface area contributed by atoms with Gasteiger partial charge in [0.05, 0.1) is 5.71 Å². The van der Waals surface area contributed by atoms with Gasteiger partial charge in [0, 0.05) is 17.7 Å². The van der Waals surface area contributed by atoms with Gasteiger partial charge >= 0.3 is 0 Å². The molecule has 0 fully saturated rings. The highest BCUT2D eigenvalue weighted by Crippen LogP contribution is 2.38. The molecule has 1 amide bonds. The second-order valence-corrected chi connectivity index (χ2v) is 4.95. The molecule has 0 aromatic heterocycles. The molecule has 21 heavy (non-hydrogen) atoms. The van der Waals surface area contributed by atoms with Crippen molar-refractivity contribution < 1.29 is 15.1 Å². The molecule has 0 spiro atoms. The SMILES string of the molecule is O=C1Nc2ccccc2[C@@]1(O)CC(=NO)c1ccccc1. The highest BCUT2D eigenvalue weighted by Gasteiger charge is 2.46. The van der Waals surface area contributed by atoms with Gasteiger partial charge in [-0.15, -0.1) is 0 Å². The predicted octanol–water partition coefficient (Wildman–Crippen LogP) is 2.09. The molecule has 0 saturated carbocycles. The molecule has 3 rings (SSSR count). The van der Waals surface area contributed by atoms with Gasteiger partial charge in [0.1, 0.15) is 0 Å². The Labute approximate surface area is 121 Å². The van der Waals surface area contributed by atoms with Crippen LogP contribution in [0.25, 0.3) is 0 Å². The van der Waals surface area contributed by atoms with Crippen molar-refractivity contribution in [1.29, 1.82) is 0 Å². The van der Waals surface area contributed by atoms with E-state index in [9.17, 15) is 15.1 Å². The van der Waals surface area contributed by atoms with Gasteiger partial charge in [-0.05, 0) is 11.6 Å². The van der Waals surface area contributed by atoms with Gasteiger partial charge in [-0.3, -0.25) is 4.79 Å². The molecular weight excluding hydrogens is 268 g/mol. The lowest BCUT2D eigenvalue weighted by Gasteiger charge is -2.21. The standard InChI is InChI=1S/C16H14N2O3/c19-15-16(20,12-8-4-5-9-13(12)17-15)10-14(18-21)11-6-2-1-3-7-11/h1-9,20-21H,10H2,(H,17,19)/t16-/m0/s1. The van der Waals surface area contributed by atoms with Crippen molar-refractivity contribution in [2.24, 2.45) is 5.16 Å². The Morgan fingerprint density at radius 1 is 1.10 bits per heavy atom. The molecule has 2 aromatic rings. The summed E-state index contributed by atoms with van der Waals surface area (Å²) in [6, 6.07) is 15.9. The van der Waals surface area contributed by atoms with E-state index in [1.165, 1.54) is 0 Å². The Balaban J connectivity index is 1.99. The molecule has 0 saturated heterocycles. The number of para-hydroxylation sites is 1. The first-order chi connectivity index (χ1) is 10.1. The summed E-state index contributed by atoms with van der Waals surface area (Å²) >= 11 is 0. The highest BCUT2D eigenvalue weighted by atomic mass is 16.4. The fourth-order valence-corrected chi connectivity index (χ4v) is 2.54. The van der Waals surface area contributed by atoms with Crippen LogP contribution in [0.1, 0.15) is 17.5 Å². The van der Waals surface area contributed by atoms with Crippen molar-refractivity contribution in [2.45, 2.75) is 12.0 Å². The van der Waals surface area contributed by atoms with Crippen LogP contribution in [0, 0.1) is 0 Å². The molecule has 2 aromatic carbocycles. The van der Waals surface area contributed by atoms with E-state index in [2.05, 4.69) is 10.5 Å². The largest absolute Gasteiger partial charge is 0.411 e. The van der Waals surface area contributed by atoms with E-state index in [-0.39, 0.29) is 12.1 Å².